The second-order valence-electron chi connectivity index (χ2n) is 6.68. The zero-order chi connectivity index (χ0) is 20.3. The number of alkyl halides is 1. The second kappa shape index (κ2) is 8.91. The van der Waals surface area contributed by atoms with Crippen LogP contribution in [0.1, 0.15) is 30.0 Å². The van der Waals surface area contributed by atoms with E-state index in [9.17, 15) is 9.18 Å². The molecule has 1 atom stereocenters. The Morgan fingerprint density at radius 3 is 2.82 bits per heavy atom. The number of aryl methyl sites for hydroxylation is 1. The van der Waals surface area contributed by atoms with Crippen molar-refractivity contribution < 1.29 is 9.13 Å². The lowest BCUT2D eigenvalue weighted by atomic mass is 10.1. The Bertz CT molecular complexity index is 946. The maximum atomic E-state index is 13.0. The van der Waals surface area contributed by atoms with Crippen molar-refractivity contribution in [1.29, 1.82) is 5.26 Å². The fourth-order valence-electron chi connectivity index (χ4n) is 3.08. The number of ether oxygens (including phenoxy) is 1. The molecule has 2 aromatic rings. The number of hydrogen-bond donors (Lipinski definition) is 1. The number of nitriles is 1. The number of nitrogens with zero attached hydrogens (tertiary/aromatic N) is 3. The van der Waals surface area contributed by atoms with Gasteiger partial charge in [-0.2, -0.15) is 5.26 Å². The van der Waals surface area contributed by atoms with Crippen LogP contribution in [0.3, 0.4) is 0 Å². The molecule has 0 aliphatic heterocycles. The van der Waals surface area contributed by atoms with Crippen LogP contribution in [0.15, 0.2) is 23.1 Å². The van der Waals surface area contributed by atoms with Gasteiger partial charge in [0.05, 0.1) is 41.6 Å². The average Bonchev–Trinajstić information content (AvgIpc) is 3.49. The minimum Gasteiger partial charge on any atom is -0.377 e. The van der Waals surface area contributed by atoms with Gasteiger partial charge in [-0.25, -0.2) is 9.37 Å². The third-order valence-electron chi connectivity index (χ3n) is 4.59. The zero-order valence-corrected chi connectivity index (χ0v) is 16.7. The maximum absolute atomic E-state index is 13.0. The van der Waals surface area contributed by atoms with E-state index in [4.69, 9.17) is 33.2 Å². The van der Waals surface area contributed by atoms with Gasteiger partial charge in [0, 0.05) is 6.20 Å². The van der Waals surface area contributed by atoms with Crippen molar-refractivity contribution in [3.8, 4) is 6.07 Å². The summed E-state index contributed by atoms with van der Waals surface area (Å²) >= 11 is 12.4. The van der Waals surface area contributed by atoms with E-state index in [2.05, 4.69) is 10.3 Å². The van der Waals surface area contributed by atoms with E-state index in [1.807, 2.05) is 6.07 Å². The highest BCUT2D eigenvalue weighted by atomic mass is 35.5. The second-order valence-corrected chi connectivity index (χ2v) is 7.47. The molecule has 0 unspecified atom stereocenters. The number of hydrogen-bond acceptors (Lipinski definition) is 5. The predicted octanol–water partition coefficient (Wildman–Crippen LogP) is 4.41. The van der Waals surface area contributed by atoms with Crippen molar-refractivity contribution in [3.63, 3.8) is 0 Å². The summed E-state index contributed by atoms with van der Waals surface area (Å²) in [5, 5.41) is 12.4. The molecule has 1 aliphatic rings. The van der Waals surface area contributed by atoms with Gasteiger partial charge in [0.15, 0.2) is 5.82 Å². The third kappa shape index (κ3) is 4.64. The van der Waals surface area contributed by atoms with Gasteiger partial charge in [-0.05, 0) is 43.4 Å². The maximum Gasteiger partial charge on any atom is 0.294 e. The molecule has 1 aromatic heterocycles. The summed E-state index contributed by atoms with van der Waals surface area (Å²) in [6.45, 7) is 1.41. The monoisotopic (exact) mass is 424 g/mol. The molecule has 0 radical (unpaired) electrons. The Balaban J connectivity index is 1.95. The van der Waals surface area contributed by atoms with Crippen molar-refractivity contribution in [3.05, 3.63) is 50.0 Å². The van der Waals surface area contributed by atoms with Crippen LogP contribution < -0.4 is 10.9 Å². The molecule has 6 nitrogen and oxygen atoms in total. The lowest BCUT2D eigenvalue weighted by Gasteiger charge is -2.21. The molecule has 0 saturated heterocycles. The molecule has 1 aromatic carbocycles. The summed E-state index contributed by atoms with van der Waals surface area (Å²) in [6, 6.07) is 4.97. The summed E-state index contributed by atoms with van der Waals surface area (Å²) < 4.78 is 19.2. The van der Waals surface area contributed by atoms with Crippen LogP contribution in [0.2, 0.25) is 10.2 Å². The van der Waals surface area contributed by atoms with Crippen LogP contribution in [0.5, 0.6) is 0 Å². The summed E-state index contributed by atoms with van der Waals surface area (Å²) in [7, 11) is 0. The first-order chi connectivity index (χ1) is 13.4. The van der Waals surface area contributed by atoms with Gasteiger partial charge in [0.2, 0.25) is 0 Å². The van der Waals surface area contributed by atoms with Crippen molar-refractivity contribution in [2.24, 2.45) is 5.92 Å². The fraction of sp³-hybridized carbons (Fsp3) is 0.421. The number of nitrogens with one attached hydrogen (secondary N) is 1. The van der Waals surface area contributed by atoms with E-state index in [-0.39, 0.29) is 41.7 Å². The quantitative estimate of drug-likeness (QED) is 0.634. The largest absolute Gasteiger partial charge is 0.377 e. The molecule has 1 fully saturated rings. The number of halogens is 3. The summed E-state index contributed by atoms with van der Waals surface area (Å²) in [6.07, 6.45) is 3.42. The van der Waals surface area contributed by atoms with E-state index in [1.54, 1.807) is 13.0 Å². The lowest BCUT2D eigenvalue weighted by molar-refractivity contribution is 0.0833. The number of aromatic nitrogens is 2. The summed E-state index contributed by atoms with van der Waals surface area (Å²) in [5.41, 5.74) is 1.23. The highest BCUT2D eigenvalue weighted by molar-refractivity contribution is 6.33. The molecule has 0 bridgehead atoms. The van der Waals surface area contributed by atoms with Gasteiger partial charge in [0.25, 0.3) is 5.56 Å². The molecule has 1 heterocycles. The Labute approximate surface area is 171 Å². The van der Waals surface area contributed by atoms with E-state index >= 15 is 0 Å². The number of anilines is 2. The highest BCUT2D eigenvalue weighted by Crippen LogP contribution is 2.39. The predicted molar refractivity (Wildman–Crippen MR) is 106 cm³/mol. The molecule has 1 aliphatic carbocycles. The lowest BCUT2D eigenvalue weighted by Crippen LogP contribution is -2.31. The number of rotatable bonds is 8. The van der Waals surface area contributed by atoms with E-state index in [1.165, 1.54) is 16.8 Å². The molecule has 3 rings (SSSR count). The summed E-state index contributed by atoms with van der Waals surface area (Å²) in [5.74, 6) is 0.308. The molecule has 1 N–H and O–H groups in total. The molecular formula is C19H19Cl2FN4O2. The molecule has 1 saturated carbocycles. The van der Waals surface area contributed by atoms with Crippen LogP contribution in [-0.4, -0.2) is 29.4 Å². The highest BCUT2D eigenvalue weighted by Gasteiger charge is 2.34. The first kappa shape index (κ1) is 20.6. The molecule has 148 valence electrons. The van der Waals surface area contributed by atoms with Crippen molar-refractivity contribution >= 4 is 34.7 Å². The van der Waals surface area contributed by atoms with Gasteiger partial charge in [0.1, 0.15) is 11.8 Å². The Hall–Kier alpha value is -2.14. The van der Waals surface area contributed by atoms with E-state index in [0.717, 1.165) is 12.8 Å². The Morgan fingerprint density at radius 1 is 1.46 bits per heavy atom. The Morgan fingerprint density at radius 2 is 2.21 bits per heavy atom. The van der Waals surface area contributed by atoms with E-state index in [0.29, 0.717) is 21.8 Å². The van der Waals surface area contributed by atoms with Gasteiger partial charge in [-0.15, -0.1) is 0 Å². The van der Waals surface area contributed by atoms with Gasteiger partial charge < -0.3 is 14.6 Å². The average molecular weight is 425 g/mol. The topological polar surface area (TPSA) is 79.9 Å². The SMILES string of the molecule is Cc1cc(C#N)cc(Cl)c1Nc1nc(Cl)cn([C@@H](COCCF)C2CC2)c1=O. The van der Waals surface area contributed by atoms with Crippen LogP contribution in [0.25, 0.3) is 0 Å². The molecule has 9 heteroatoms. The van der Waals surface area contributed by atoms with Crippen molar-refractivity contribution in [2.45, 2.75) is 25.8 Å². The van der Waals surface area contributed by atoms with Gasteiger partial charge >= 0.3 is 0 Å². The van der Waals surface area contributed by atoms with Gasteiger partial charge in [-0.1, -0.05) is 23.2 Å². The van der Waals surface area contributed by atoms with Gasteiger partial charge in [-0.3, -0.25) is 4.79 Å². The smallest absolute Gasteiger partial charge is 0.294 e. The normalized spacial score (nSPS) is 14.5. The standard InChI is InChI=1S/C19H19Cl2FN4O2/c1-11-6-12(8-23)7-14(20)17(11)25-18-19(27)26(9-16(21)24-18)15(13-2-3-13)10-28-5-4-22/h6-7,9,13,15H,2-5,10H2,1H3,(H,24,25)/t15-/m0/s1. The zero-order valence-electron chi connectivity index (χ0n) is 15.2. The molecule has 0 amide bonds. The van der Waals surface area contributed by atoms with Crippen molar-refractivity contribution in [2.75, 3.05) is 25.2 Å². The molecule has 28 heavy (non-hydrogen) atoms. The fourth-order valence-corrected chi connectivity index (χ4v) is 3.58. The van der Waals surface area contributed by atoms with Crippen LogP contribution in [-0.2, 0) is 4.74 Å². The first-order valence-electron chi connectivity index (χ1n) is 8.84. The van der Waals surface area contributed by atoms with Crippen LogP contribution in [0.4, 0.5) is 15.9 Å². The van der Waals surface area contributed by atoms with Crippen molar-refractivity contribution in [1.82, 2.24) is 9.55 Å². The molecule has 0 spiro atoms. The van der Waals surface area contributed by atoms with E-state index < -0.39 is 6.67 Å². The Kier molecular flexibility index (Phi) is 6.55. The minimum atomic E-state index is -0.577. The number of benzene rings is 1. The third-order valence-corrected chi connectivity index (χ3v) is 5.07. The molecular weight excluding hydrogens is 406 g/mol. The first-order valence-corrected chi connectivity index (χ1v) is 9.59. The minimum absolute atomic E-state index is 0.0120. The summed E-state index contributed by atoms with van der Waals surface area (Å²) in [4.78, 5) is 17.1. The van der Waals surface area contributed by atoms with Crippen LogP contribution >= 0.6 is 23.2 Å². The van der Waals surface area contributed by atoms with Crippen LogP contribution in [0, 0.1) is 24.2 Å².